The first kappa shape index (κ1) is 19.9. The SMILES string of the molecule is O=C(Nc1cc(-c2nc3ccccc3s2)c(Cl)cc1Cl)c1cc(I)ccc1Cl. The lowest BCUT2D eigenvalue weighted by molar-refractivity contribution is 0.102. The van der Waals surface area contributed by atoms with Crippen LogP contribution in [0.1, 0.15) is 10.4 Å². The summed E-state index contributed by atoms with van der Waals surface area (Å²) in [5, 5.41) is 4.76. The minimum Gasteiger partial charge on any atom is -0.321 e. The molecule has 0 atom stereocenters. The van der Waals surface area contributed by atoms with E-state index in [4.69, 9.17) is 34.8 Å². The Bertz CT molecular complexity index is 1190. The van der Waals surface area contributed by atoms with Crippen LogP contribution in [0.25, 0.3) is 20.8 Å². The number of nitrogens with one attached hydrogen (secondary N) is 1. The second kappa shape index (κ2) is 8.16. The van der Waals surface area contributed by atoms with Crippen molar-refractivity contribution in [3.8, 4) is 10.6 Å². The molecule has 1 N–H and O–H groups in total. The van der Waals surface area contributed by atoms with Gasteiger partial charge in [0.25, 0.3) is 5.91 Å². The zero-order valence-electron chi connectivity index (χ0n) is 14.0. The van der Waals surface area contributed by atoms with E-state index in [0.717, 1.165) is 18.8 Å². The van der Waals surface area contributed by atoms with E-state index in [9.17, 15) is 4.79 Å². The van der Waals surface area contributed by atoms with Crippen molar-refractivity contribution in [3.05, 3.63) is 78.8 Å². The van der Waals surface area contributed by atoms with Gasteiger partial charge in [0.15, 0.2) is 0 Å². The van der Waals surface area contributed by atoms with Crippen LogP contribution in [-0.4, -0.2) is 10.9 Å². The van der Waals surface area contributed by atoms with Gasteiger partial charge in [-0.3, -0.25) is 4.79 Å². The average Bonchev–Trinajstić information content (AvgIpc) is 3.09. The molecule has 0 aliphatic carbocycles. The number of hydrogen-bond acceptors (Lipinski definition) is 3. The predicted molar refractivity (Wildman–Crippen MR) is 127 cm³/mol. The van der Waals surface area contributed by atoms with Gasteiger partial charge in [0, 0.05) is 9.13 Å². The molecule has 4 aromatic rings. The van der Waals surface area contributed by atoms with Crippen LogP contribution in [-0.2, 0) is 0 Å². The number of rotatable bonds is 3. The summed E-state index contributed by atoms with van der Waals surface area (Å²) >= 11 is 22.6. The fourth-order valence-electron chi connectivity index (χ4n) is 2.66. The van der Waals surface area contributed by atoms with E-state index < -0.39 is 0 Å². The molecule has 0 fully saturated rings. The Kier molecular flexibility index (Phi) is 5.81. The normalized spacial score (nSPS) is 11.0. The van der Waals surface area contributed by atoms with Gasteiger partial charge in [-0.15, -0.1) is 11.3 Å². The summed E-state index contributed by atoms with van der Waals surface area (Å²) in [5.41, 5.74) is 2.42. The van der Waals surface area contributed by atoms with Crippen LogP contribution in [0.2, 0.25) is 15.1 Å². The molecule has 0 spiro atoms. The largest absolute Gasteiger partial charge is 0.321 e. The van der Waals surface area contributed by atoms with Crippen molar-refractivity contribution in [2.24, 2.45) is 0 Å². The molecule has 1 heterocycles. The summed E-state index contributed by atoms with van der Waals surface area (Å²) in [6.07, 6.45) is 0. The molecule has 0 radical (unpaired) electrons. The first-order chi connectivity index (χ1) is 13.4. The molecule has 140 valence electrons. The molecule has 0 unspecified atom stereocenters. The van der Waals surface area contributed by atoms with E-state index in [1.165, 1.54) is 11.3 Å². The molecule has 0 aliphatic rings. The molecule has 28 heavy (non-hydrogen) atoms. The van der Waals surface area contributed by atoms with Crippen LogP contribution in [0.3, 0.4) is 0 Å². The third kappa shape index (κ3) is 4.00. The van der Waals surface area contributed by atoms with E-state index in [0.29, 0.717) is 31.9 Å². The number of nitrogens with zero attached hydrogens (tertiary/aromatic N) is 1. The van der Waals surface area contributed by atoms with E-state index in [2.05, 4.69) is 32.9 Å². The van der Waals surface area contributed by atoms with Gasteiger partial charge >= 0.3 is 0 Å². The number of carbonyl (C=O) groups is 1. The molecular weight excluding hydrogens is 550 g/mol. The zero-order chi connectivity index (χ0) is 19.8. The quantitative estimate of drug-likeness (QED) is 0.261. The summed E-state index contributed by atoms with van der Waals surface area (Å²) in [6, 6.07) is 16.4. The fraction of sp³-hybridized carbons (Fsp3) is 0. The Morgan fingerprint density at radius 1 is 0.964 bits per heavy atom. The molecule has 1 aromatic heterocycles. The maximum absolute atomic E-state index is 12.7. The number of fused-ring (bicyclic) bond motifs is 1. The van der Waals surface area contributed by atoms with Gasteiger partial charge in [-0.1, -0.05) is 46.9 Å². The highest BCUT2D eigenvalue weighted by Gasteiger charge is 2.17. The average molecular weight is 560 g/mol. The number of thiazole rings is 1. The molecule has 0 saturated carbocycles. The van der Waals surface area contributed by atoms with Gasteiger partial charge in [-0.2, -0.15) is 0 Å². The van der Waals surface area contributed by atoms with Gasteiger partial charge in [-0.05, 0) is 65.1 Å². The molecular formula is C20H10Cl3IN2OS. The maximum atomic E-state index is 12.7. The Hall–Kier alpha value is -1.38. The Morgan fingerprint density at radius 3 is 2.54 bits per heavy atom. The number of benzene rings is 3. The second-order valence-electron chi connectivity index (χ2n) is 5.88. The number of anilines is 1. The molecule has 0 bridgehead atoms. The molecule has 0 aliphatic heterocycles. The van der Waals surface area contributed by atoms with Gasteiger partial charge in [0.2, 0.25) is 0 Å². The lowest BCUT2D eigenvalue weighted by Gasteiger charge is -2.11. The third-order valence-electron chi connectivity index (χ3n) is 4.00. The highest BCUT2D eigenvalue weighted by Crippen LogP contribution is 2.39. The van der Waals surface area contributed by atoms with Gasteiger partial charge in [-0.25, -0.2) is 4.98 Å². The van der Waals surface area contributed by atoms with Crippen molar-refractivity contribution in [2.75, 3.05) is 5.32 Å². The van der Waals surface area contributed by atoms with Crippen molar-refractivity contribution < 1.29 is 4.79 Å². The third-order valence-corrected chi connectivity index (χ3v) is 6.70. The molecule has 0 saturated heterocycles. The Labute approximate surface area is 193 Å². The number of amides is 1. The summed E-state index contributed by atoms with van der Waals surface area (Å²) in [4.78, 5) is 17.3. The van der Waals surface area contributed by atoms with Crippen LogP contribution < -0.4 is 5.32 Å². The predicted octanol–water partition coefficient (Wildman–Crippen LogP) is 7.78. The number of hydrogen-bond donors (Lipinski definition) is 1. The molecule has 3 aromatic carbocycles. The van der Waals surface area contributed by atoms with Crippen LogP contribution in [0.15, 0.2) is 54.6 Å². The first-order valence-corrected chi connectivity index (χ1v) is 11.1. The molecule has 4 rings (SSSR count). The van der Waals surface area contributed by atoms with E-state index in [-0.39, 0.29) is 5.91 Å². The highest BCUT2D eigenvalue weighted by molar-refractivity contribution is 14.1. The van der Waals surface area contributed by atoms with E-state index in [1.54, 1.807) is 24.3 Å². The van der Waals surface area contributed by atoms with Crippen molar-refractivity contribution >= 4 is 90.5 Å². The topological polar surface area (TPSA) is 42.0 Å². The van der Waals surface area contributed by atoms with Crippen molar-refractivity contribution in [1.82, 2.24) is 4.98 Å². The monoisotopic (exact) mass is 558 g/mol. The molecule has 1 amide bonds. The van der Waals surface area contributed by atoms with Gasteiger partial charge in [0.05, 0.1) is 36.5 Å². The summed E-state index contributed by atoms with van der Waals surface area (Å²) < 4.78 is 1.96. The Morgan fingerprint density at radius 2 is 1.75 bits per heavy atom. The number of aromatic nitrogens is 1. The van der Waals surface area contributed by atoms with Crippen molar-refractivity contribution in [3.63, 3.8) is 0 Å². The Balaban J connectivity index is 1.73. The highest BCUT2D eigenvalue weighted by atomic mass is 127. The van der Waals surface area contributed by atoms with E-state index in [1.807, 2.05) is 30.3 Å². The summed E-state index contributed by atoms with van der Waals surface area (Å²) in [6.45, 7) is 0. The van der Waals surface area contributed by atoms with Crippen LogP contribution in [0, 0.1) is 3.57 Å². The molecule has 8 heteroatoms. The van der Waals surface area contributed by atoms with Crippen LogP contribution in [0.4, 0.5) is 5.69 Å². The maximum Gasteiger partial charge on any atom is 0.257 e. The molecule has 3 nitrogen and oxygen atoms in total. The number of carbonyl (C=O) groups excluding carboxylic acids is 1. The smallest absolute Gasteiger partial charge is 0.257 e. The lowest BCUT2D eigenvalue weighted by Crippen LogP contribution is -2.13. The number of para-hydroxylation sites is 1. The van der Waals surface area contributed by atoms with Crippen molar-refractivity contribution in [1.29, 1.82) is 0 Å². The van der Waals surface area contributed by atoms with Gasteiger partial charge in [0.1, 0.15) is 5.01 Å². The lowest BCUT2D eigenvalue weighted by atomic mass is 10.1. The van der Waals surface area contributed by atoms with Crippen LogP contribution in [0.5, 0.6) is 0 Å². The second-order valence-corrected chi connectivity index (χ2v) is 9.37. The first-order valence-electron chi connectivity index (χ1n) is 8.04. The van der Waals surface area contributed by atoms with Crippen molar-refractivity contribution in [2.45, 2.75) is 0 Å². The summed E-state index contributed by atoms with van der Waals surface area (Å²) in [5.74, 6) is -0.344. The standard InChI is InChI=1S/C20H10Cl3IN2OS/c21-13-6-5-10(24)7-11(13)19(27)25-17-8-12(14(22)9-15(17)23)20-26-16-3-1-2-4-18(16)28-20/h1-9H,(H,25,27). The fourth-order valence-corrected chi connectivity index (χ4v) is 4.92. The zero-order valence-corrected chi connectivity index (χ0v) is 19.2. The van der Waals surface area contributed by atoms with E-state index >= 15 is 0 Å². The minimum atomic E-state index is -0.344. The van der Waals surface area contributed by atoms with Gasteiger partial charge < -0.3 is 5.32 Å². The summed E-state index contributed by atoms with van der Waals surface area (Å²) in [7, 11) is 0. The minimum absolute atomic E-state index is 0.338. The number of halogens is 4. The van der Waals surface area contributed by atoms with Crippen LogP contribution >= 0.6 is 68.7 Å².